The van der Waals surface area contributed by atoms with Crippen LogP contribution in [0.2, 0.25) is 0 Å². The van der Waals surface area contributed by atoms with Crippen LogP contribution in [0.15, 0.2) is 54.6 Å². The Hall–Kier alpha value is -2.82. The fourth-order valence-electron chi connectivity index (χ4n) is 3.59. The Balaban J connectivity index is 1.75. The number of carboxylic acids is 1. The summed E-state index contributed by atoms with van der Waals surface area (Å²) in [5, 5.41) is 9.62. The van der Waals surface area contributed by atoms with Crippen molar-refractivity contribution >= 4 is 11.9 Å². The van der Waals surface area contributed by atoms with Crippen molar-refractivity contribution in [3.63, 3.8) is 0 Å². The van der Waals surface area contributed by atoms with Crippen LogP contribution in [0.1, 0.15) is 30.9 Å². The van der Waals surface area contributed by atoms with Gasteiger partial charge in [-0.05, 0) is 25.5 Å². The van der Waals surface area contributed by atoms with Crippen molar-refractivity contribution in [1.82, 2.24) is 4.90 Å². The first-order valence-corrected chi connectivity index (χ1v) is 9.25. The van der Waals surface area contributed by atoms with Crippen LogP contribution in [-0.4, -0.2) is 41.1 Å². The van der Waals surface area contributed by atoms with Gasteiger partial charge in [-0.2, -0.15) is 0 Å². The molecule has 2 atom stereocenters. The summed E-state index contributed by atoms with van der Waals surface area (Å²) in [4.78, 5) is 26.3. The minimum Gasteiger partial charge on any atom is -0.491 e. The second-order valence-electron chi connectivity index (χ2n) is 7.21. The van der Waals surface area contributed by atoms with Crippen LogP contribution in [0.5, 0.6) is 5.75 Å². The first-order valence-electron chi connectivity index (χ1n) is 9.25. The van der Waals surface area contributed by atoms with E-state index in [-0.39, 0.29) is 30.9 Å². The van der Waals surface area contributed by atoms with Crippen molar-refractivity contribution in [3.8, 4) is 5.75 Å². The molecule has 2 unspecified atom stereocenters. The third-order valence-corrected chi connectivity index (χ3v) is 4.89. The number of carbonyl (C=O) groups excluding carboxylic acids is 1. The smallest absolute Gasteiger partial charge is 0.308 e. The molecule has 5 heteroatoms. The molecule has 1 aliphatic heterocycles. The lowest BCUT2D eigenvalue weighted by Gasteiger charge is -2.18. The van der Waals surface area contributed by atoms with Gasteiger partial charge < -0.3 is 14.7 Å². The lowest BCUT2D eigenvalue weighted by Crippen LogP contribution is -2.31. The lowest BCUT2D eigenvalue weighted by molar-refractivity contribution is -0.141. The van der Waals surface area contributed by atoms with Gasteiger partial charge in [-0.3, -0.25) is 9.59 Å². The molecule has 27 heavy (non-hydrogen) atoms. The fraction of sp³-hybridized carbons (Fsp3) is 0.364. The van der Waals surface area contributed by atoms with E-state index in [9.17, 15) is 14.7 Å². The molecular weight excluding hydrogens is 342 g/mol. The Bertz CT molecular complexity index is 803. The topological polar surface area (TPSA) is 66.8 Å². The van der Waals surface area contributed by atoms with E-state index in [1.165, 1.54) is 0 Å². The van der Waals surface area contributed by atoms with E-state index in [4.69, 9.17) is 4.74 Å². The molecule has 1 heterocycles. The number of hydrogen-bond acceptors (Lipinski definition) is 3. The predicted molar refractivity (Wildman–Crippen MR) is 103 cm³/mol. The molecule has 1 saturated heterocycles. The Kier molecular flexibility index (Phi) is 5.79. The Labute approximate surface area is 159 Å². The summed E-state index contributed by atoms with van der Waals surface area (Å²) in [7, 11) is 0. The SMILES string of the molecule is CC(C)Oc1ccccc1CC(=O)N1CC(C(=O)O)C(c2ccccc2)C1. The van der Waals surface area contributed by atoms with Crippen LogP contribution in [0, 0.1) is 5.92 Å². The fourth-order valence-corrected chi connectivity index (χ4v) is 3.59. The molecule has 0 saturated carbocycles. The Morgan fingerprint density at radius 3 is 2.41 bits per heavy atom. The molecule has 0 bridgehead atoms. The number of ether oxygens (including phenoxy) is 1. The summed E-state index contributed by atoms with van der Waals surface area (Å²) in [6.07, 6.45) is 0.225. The van der Waals surface area contributed by atoms with Gasteiger partial charge in [-0.15, -0.1) is 0 Å². The van der Waals surface area contributed by atoms with Crippen molar-refractivity contribution in [1.29, 1.82) is 0 Å². The molecule has 142 valence electrons. The maximum absolute atomic E-state index is 12.9. The highest BCUT2D eigenvalue weighted by molar-refractivity contribution is 5.82. The highest BCUT2D eigenvalue weighted by atomic mass is 16.5. The van der Waals surface area contributed by atoms with Gasteiger partial charge >= 0.3 is 5.97 Å². The van der Waals surface area contributed by atoms with Gasteiger partial charge in [0.25, 0.3) is 0 Å². The largest absolute Gasteiger partial charge is 0.491 e. The van der Waals surface area contributed by atoms with Crippen LogP contribution >= 0.6 is 0 Å². The molecule has 5 nitrogen and oxygen atoms in total. The number of hydrogen-bond donors (Lipinski definition) is 1. The van der Waals surface area contributed by atoms with Crippen molar-refractivity contribution in [3.05, 3.63) is 65.7 Å². The number of carboxylic acid groups (broad SMARTS) is 1. The summed E-state index contributed by atoms with van der Waals surface area (Å²) >= 11 is 0. The Morgan fingerprint density at radius 1 is 1.07 bits per heavy atom. The summed E-state index contributed by atoms with van der Waals surface area (Å²) in [6, 6.07) is 17.1. The van der Waals surface area contributed by atoms with Crippen LogP contribution < -0.4 is 4.74 Å². The minimum atomic E-state index is -0.859. The third kappa shape index (κ3) is 4.48. The van der Waals surface area contributed by atoms with Crippen molar-refractivity contribution in [2.75, 3.05) is 13.1 Å². The van der Waals surface area contributed by atoms with Crippen LogP contribution in [0.25, 0.3) is 0 Å². The molecule has 2 aromatic carbocycles. The number of carbonyl (C=O) groups is 2. The Morgan fingerprint density at radius 2 is 1.74 bits per heavy atom. The molecule has 1 aliphatic rings. The summed E-state index contributed by atoms with van der Waals surface area (Å²) in [6.45, 7) is 4.55. The van der Waals surface area contributed by atoms with E-state index in [0.29, 0.717) is 12.3 Å². The summed E-state index contributed by atoms with van der Waals surface area (Å²) < 4.78 is 5.79. The number of aliphatic carboxylic acids is 1. The predicted octanol–water partition coefficient (Wildman–Crippen LogP) is 3.34. The zero-order chi connectivity index (χ0) is 19.4. The standard InChI is InChI=1S/C22H25NO4/c1-15(2)27-20-11-7-6-10-17(20)12-21(24)23-13-18(19(14-23)22(25)26)16-8-4-3-5-9-16/h3-11,15,18-19H,12-14H2,1-2H3,(H,25,26). The quantitative estimate of drug-likeness (QED) is 0.850. The van der Waals surface area contributed by atoms with E-state index in [0.717, 1.165) is 11.1 Å². The van der Waals surface area contributed by atoms with E-state index < -0.39 is 11.9 Å². The molecule has 0 aliphatic carbocycles. The van der Waals surface area contributed by atoms with Gasteiger partial charge in [0.15, 0.2) is 0 Å². The zero-order valence-electron chi connectivity index (χ0n) is 15.7. The van der Waals surface area contributed by atoms with Crippen LogP contribution in [0.3, 0.4) is 0 Å². The molecule has 0 radical (unpaired) electrons. The molecular formula is C22H25NO4. The normalized spacial score (nSPS) is 19.3. The molecule has 1 N–H and O–H groups in total. The second kappa shape index (κ2) is 8.25. The van der Waals surface area contributed by atoms with Gasteiger partial charge in [0.2, 0.25) is 5.91 Å². The monoisotopic (exact) mass is 367 g/mol. The van der Waals surface area contributed by atoms with E-state index in [2.05, 4.69) is 0 Å². The van der Waals surface area contributed by atoms with Crippen LogP contribution in [-0.2, 0) is 16.0 Å². The second-order valence-corrected chi connectivity index (χ2v) is 7.21. The number of amides is 1. The molecule has 1 amide bonds. The average Bonchev–Trinajstić information content (AvgIpc) is 3.09. The first kappa shape index (κ1) is 19.0. The average molecular weight is 367 g/mol. The van der Waals surface area contributed by atoms with Gasteiger partial charge in [-0.25, -0.2) is 0 Å². The van der Waals surface area contributed by atoms with E-state index >= 15 is 0 Å². The molecule has 0 spiro atoms. The minimum absolute atomic E-state index is 0.0203. The zero-order valence-corrected chi connectivity index (χ0v) is 15.7. The number of para-hydroxylation sites is 1. The summed E-state index contributed by atoms with van der Waals surface area (Å²) in [5.74, 6) is -0.995. The van der Waals surface area contributed by atoms with E-state index in [1.807, 2.05) is 68.4 Å². The number of nitrogens with zero attached hydrogens (tertiary/aromatic N) is 1. The molecule has 0 aromatic heterocycles. The van der Waals surface area contributed by atoms with Gasteiger partial charge in [0.1, 0.15) is 5.75 Å². The highest BCUT2D eigenvalue weighted by Crippen LogP contribution is 2.33. The van der Waals surface area contributed by atoms with Crippen molar-refractivity contribution < 1.29 is 19.4 Å². The molecule has 3 rings (SSSR count). The maximum Gasteiger partial charge on any atom is 0.308 e. The molecule has 1 fully saturated rings. The third-order valence-electron chi connectivity index (χ3n) is 4.89. The summed E-state index contributed by atoms with van der Waals surface area (Å²) in [5.41, 5.74) is 1.79. The maximum atomic E-state index is 12.9. The van der Waals surface area contributed by atoms with Crippen molar-refractivity contribution in [2.24, 2.45) is 5.92 Å². The van der Waals surface area contributed by atoms with Crippen LogP contribution in [0.4, 0.5) is 0 Å². The lowest BCUT2D eigenvalue weighted by atomic mass is 9.89. The van der Waals surface area contributed by atoms with E-state index in [1.54, 1.807) is 4.90 Å². The van der Waals surface area contributed by atoms with Gasteiger partial charge in [0.05, 0.1) is 18.4 Å². The number of benzene rings is 2. The van der Waals surface area contributed by atoms with Gasteiger partial charge in [-0.1, -0.05) is 48.5 Å². The molecule has 2 aromatic rings. The number of likely N-dealkylation sites (tertiary alicyclic amines) is 1. The van der Waals surface area contributed by atoms with Crippen molar-refractivity contribution in [2.45, 2.75) is 32.3 Å². The first-order chi connectivity index (χ1) is 13.0. The van der Waals surface area contributed by atoms with Gasteiger partial charge in [0, 0.05) is 24.6 Å². The highest BCUT2D eigenvalue weighted by Gasteiger charge is 2.40. The number of rotatable bonds is 6.